The zero-order chi connectivity index (χ0) is 33.2. The molecule has 0 unspecified atom stereocenters. The monoisotopic (exact) mass is 659 g/mol. The molecule has 2 heteroatoms. The number of rotatable bonds is 0. The molecule has 0 spiro atoms. The predicted molar refractivity (Wildman–Crippen MR) is 216 cm³/mol. The Morgan fingerprint density at radius 3 is 0.625 bits per heavy atom. The maximum absolute atomic E-state index is 2.80. The van der Waals surface area contributed by atoms with Gasteiger partial charge in [0, 0.05) is 48.3 Å². The summed E-state index contributed by atoms with van der Waals surface area (Å²) < 4.78 is 0. The largest absolute Gasteiger partial charge is 0.371 e. The number of anilines is 2. The molecule has 0 saturated heterocycles. The lowest BCUT2D eigenvalue weighted by Gasteiger charge is -2.30. The van der Waals surface area contributed by atoms with Gasteiger partial charge < -0.3 is 9.80 Å². The van der Waals surface area contributed by atoms with E-state index in [4.69, 9.17) is 0 Å². The molecule has 0 aromatic heterocycles. The van der Waals surface area contributed by atoms with Crippen LogP contribution in [-0.2, 0) is 0 Å². The molecule has 2 aromatic rings. The Morgan fingerprint density at radius 1 is 0.229 bits per heavy atom. The van der Waals surface area contributed by atoms with Crippen LogP contribution >= 0.6 is 0 Å². The number of hydrogen-bond donors (Lipinski definition) is 0. The van der Waals surface area contributed by atoms with E-state index < -0.39 is 0 Å². The maximum atomic E-state index is 2.80. The van der Waals surface area contributed by atoms with Crippen LogP contribution in [0.25, 0.3) is 10.8 Å². The third-order valence-corrected chi connectivity index (χ3v) is 11.8. The van der Waals surface area contributed by atoms with Gasteiger partial charge >= 0.3 is 0 Å². The second kappa shape index (κ2) is 26.2. The Kier molecular flexibility index (Phi) is 21.3. The zero-order valence-corrected chi connectivity index (χ0v) is 31.8. The second-order valence-electron chi connectivity index (χ2n) is 15.9. The average molecular weight is 659 g/mol. The van der Waals surface area contributed by atoms with Gasteiger partial charge in [-0.1, -0.05) is 204 Å². The zero-order valence-electron chi connectivity index (χ0n) is 31.8. The minimum atomic E-state index is 1.22. The summed E-state index contributed by atoms with van der Waals surface area (Å²) in [5.41, 5.74) is 3.00. The molecule has 0 amide bonds. The van der Waals surface area contributed by atoms with Crippen LogP contribution in [0.2, 0.25) is 0 Å². The third-order valence-electron chi connectivity index (χ3n) is 11.8. The third kappa shape index (κ3) is 15.9. The van der Waals surface area contributed by atoms with Crippen LogP contribution in [-0.4, -0.2) is 26.2 Å². The van der Waals surface area contributed by atoms with Crippen molar-refractivity contribution in [3.05, 3.63) is 36.4 Å². The summed E-state index contributed by atoms with van der Waals surface area (Å²) in [6.07, 6.45) is 45.7. The molecule has 0 saturated carbocycles. The van der Waals surface area contributed by atoms with Gasteiger partial charge in [0.2, 0.25) is 0 Å². The molecule has 2 heterocycles. The fourth-order valence-corrected chi connectivity index (χ4v) is 8.68. The Bertz CT molecular complexity index is 923. The lowest BCUT2D eigenvalue weighted by molar-refractivity contribution is 0.520. The van der Waals surface area contributed by atoms with Crippen LogP contribution in [0.3, 0.4) is 0 Å². The van der Waals surface area contributed by atoms with E-state index in [-0.39, 0.29) is 0 Å². The quantitative estimate of drug-likeness (QED) is 0.278. The van der Waals surface area contributed by atoms with E-state index in [9.17, 15) is 0 Å². The van der Waals surface area contributed by atoms with Crippen molar-refractivity contribution in [2.75, 3.05) is 36.0 Å². The van der Waals surface area contributed by atoms with Crippen molar-refractivity contribution in [3.63, 3.8) is 0 Å². The summed E-state index contributed by atoms with van der Waals surface area (Å²) >= 11 is 0. The minimum absolute atomic E-state index is 1.22. The van der Waals surface area contributed by atoms with Gasteiger partial charge in [-0.15, -0.1) is 0 Å². The molecule has 0 fully saturated rings. The molecule has 0 aliphatic carbocycles. The molecule has 2 aliphatic rings. The van der Waals surface area contributed by atoms with Crippen molar-refractivity contribution in [3.8, 4) is 0 Å². The molecule has 48 heavy (non-hydrogen) atoms. The number of benzene rings is 2. The van der Waals surface area contributed by atoms with E-state index in [1.54, 1.807) is 0 Å². The highest BCUT2D eigenvalue weighted by atomic mass is 15.1. The van der Waals surface area contributed by atoms with Crippen molar-refractivity contribution < 1.29 is 0 Å². The van der Waals surface area contributed by atoms with Crippen molar-refractivity contribution in [1.29, 1.82) is 0 Å². The lowest BCUT2D eigenvalue weighted by Crippen LogP contribution is -2.28. The molecule has 2 nitrogen and oxygen atoms in total. The Balaban J connectivity index is 1.50. The molecule has 2 aliphatic heterocycles. The number of hydrogen-bond acceptors (Lipinski definition) is 2. The van der Waals surface area contributed by atoms with Gasteiger partial charge in [-0.25, -0.2) is 0 Å². The van der Waals surface area contributed by atoms with Crippen LogP contribution in [0.1, 0.15) is 205 Å². The van der Waals surface area contributed by atoms with Crippen LogP contribution < -0.4 is 9.80 Å². The summed E-state index contributed by atoms with van der Waals surface area (Å²) in [7, 11) is 0. The van der Waals surface area contributed by atoms with Crippen molar-refractivity contribution in [1.82, 2.24) is 0 Å². The Hall–Kier alpha value is -1.70. The van der Waals surface area contributed by atoms with Crippen LogP contribution in [0, 0.1) is 0 Å². The molecule has 2 aromatic carbocycles. The van der Waals surface area contributed by atoms with E-state index >= 15 is 0 Å². The lowest BCUT2D eigenvalue weighted by atomic mass is 10.0. The summed E-state index contributed by atoms with van der Waals surface area (Å²) in [5.74, 6) is 0. The van der Waals surface area contributed by atoms with Gasteiger partial charge in [0.25, 0.3) is 0 Å². The average Bonchev–Trinajstić information content (AvgIpc) is 3.11. The maximum Gasteiger partial charge on any atom is 0.0447 e. The normalized spacial score (nSPS) is 22.0. The molecule has 4 rings (SSSR count). The van der Waals surface area contributed by atoms with Crippen LogP contribution in [0.15, 0.2) is 36.4 Å². The van der Waals surface area contributed by atoms with E-state index in [1.165, 1.54) is 254 Å². The summed E-state index contributed by atoms with van der Waals surface area (Å²) in [6.45, 7) is 4.86. The molecule has 272 valence electrons. The van der Waals surface area contributed by atoms with Crippen molar-refractivity contribution >= 4 is 22.1 Å². The highest BCUT2D eigenvalue weighted by Crippen LogP contribution is 2.35. The summed E-state index contributed by atoms with van der Waals surface area (Å²) in [6, 6.07) is 14.5. The van der Waals surface area contributed by atoms with Gasteiger partial charge in [-0.2, -0.15) is 0 Å². The smallest absolute Gasteiger partial charge is 0.0447 e. The number of nitrogens with zero attached hydrogens (tertiary/aromatic N) is 2. The van der Waals surface area contributed by atoms with E-state index in [1.807, 2.05) is 0 Å². The molecular formula is C46H78N2. The van der Waals surface area contributed by atoms with Gasteiger partial charge in [-0.05, 0) is 37.8 Å². The van der Waals surface area contributed by atoms with Crippen molar-refractivity contribution in [2.45, 2.75) is 205 Å². The SMILES string of the molecule is c1ccc2c3ccc(c2c1)N1CCCCCCCCCCCCCCCCCCN3CCCCCCCCCCCCCCCCCC1. The van der Waals surface area contributed by atoms with E-state index in [0.29, 0.717) is 0 Å². The molecular weight excluding hydrogens is 581 g/mol. The van der Waals surface area contributed by atoms with Gasteiger partial charge in [0.05, 0.1) is 0 Å². The Morgan fingerprint density at radius 2 is 0.417 bits per heavy atom. The fraction of sp³-hybridized carbons (Fsp3) is 0.783. The first-order chi connectivity index (χ1) is 23.9. The van der Waals surface area contributed by atoms with Gasteiger partial charge in [-0.3, -0.25) is 0 Å². The van der Waals surface area contributed by atoms with Crippen LogP contribution in [0.4, 0.5) is 11.4 Å². The first-order valence-corrected chi connectivity index (χ1v) is 22.0. The molecule has 0 atom stereocenters. The van der Waals surface area contributed by atoms with Gasteiger partial charge in [0.1, 0.15) is 0 Å². The second-order valence-corrected chi connectivity index (χ2v) is 15.9. The molecule has 0 N–H and O–H groups in total. The first kappa shape index (κ1) is 39.1. The minimum Gasteiger partial charge on any atom is -0.371 e. The molecule has 0 radical (unpaired) electrons. The standard InChI is InChI=1S/C46H78N2/c1-2-6-10-14-18-22-26-32-40-48-42-34-28-24-20-16-12-8-4-3-7-11-15-19-23-27-33-41-47(39-31-25-21-17-13-9-5-1)45-37-38-46(48)44-36-30-29-35-43(44)45/h29-30,35-38H,1-28,31-34,39-42H2. The molecule has 4 bridgehead atoms. The van der Waals surface area contributed by atoms with E-state index in [0.717, 1.165) is 0 Å². The highest BCUT2D eigenvalue weighted by Gasteiger charge is 2.16. The highest BCUT2D eigenvalue weighted by molar-refractivity contribution is 6.02. The first-order valence-electron chi connectivity index (χ1n) is 22.0. The predicted octanol–water partition coefficient (Wildman–Crippen LogP) is 15.0. The number of fused-ring (bicyclic) bond motifs is 1. The Labute approximate surface area is 299 Å². The fourth-order valence-electron chi connectivity index (χ4n) is 8.68. The van der Waals surface area contributed by atoms with Gasteiger partial charge in [0.15, 0.2) is 0 Å². The van der Waals surface area contributed by atoms with E-state index in [2.05, 4.69) is 46.2 Å². The summed E-state index contributed by atoms with van der Waals surface area (Å²) in [5, 5.41) is 2.98. The topological polar surface area (TPSA) is 6.48 Å². The summed E-state index contributed by atoms with van der Waals surface area (Å²) in [4.78, 5) is 5.60. The van der Waals surface area contributed by atoms with Crippen LogP contribution in [0.5, 0.6) is 0 Å². The van der Waals surface area contributed by atoms with Crippen molar-refractivity contribution in [2.24, 2.45) is 0 Å².